The van der Waals surface area contributed by atoms with Gasteiger partial charge in [-0.3, -0.25) is 9.78 Å². The Labute approximate surface area is 155 Å². The van der Waals surface area contributed by atoms with Gasteiger partial charge in [-0.15, -0.1) is 5.39 Å². The molecule has 0 saturated heterocycles. The number of rotatable bonds is 3. The van der Waals surface area contributed by atoms with E-state index in [4.69, 9.17) is 0 Å². The van der Waals surface area contributed by atoms with Crippen molar-refractivity contribution in [3.63, 3.8) is 0 Å². The van der Waals surface area contributed by atoms with E-state index in [0.717, 1.165) is 0 Å². The smallest absolute Gasteiger partial charge is 0.184 e. The molecule has 2 heterocycles. The molecule has 109 valence electrons. The molecule has 0 saturated carbocycles. The molecule has 0 aliphatic carbocycles. The number of halogens is 1. The number of nitrogens with zero attached hydrogens (tertiary/aromatic N) is 1. The van der Waals surface area contributed by atoms with Gasteiger partial charge < -0.3 is 14.8 Å². The Kier molecular flexibility index (Phi) is 5.21. The van der Waals surface area contributed by atoms with E-state index in [-0.39, 0.29) is 44.0 Å². The van der Waals surface area contributed by atoms with Crippen LogP contribution in [0.4, 0.5) is 10.1 Å². The molecule has 0 fully saturated rings. The molecular formula is C14H9FN3O2SY-. The summed E-state index contributed by atoms with van der Waals surface area (Å²) in [7, 11) is 0. The normalized spacial score (nSPS) is 10.3. The Morgan fingerprint density at radius 2 is 2.23 bits per heavy atom. The number of pyridine rings is 1. The summed E-state index contributed by atoms with van der Waals surface area (Å²) < 4.78 is 16.6. The number of carbonyl (C=O) groups is 1. The second-order valence-corrected chi connectivity index (χ2v) is 4.52. The second kappa shape index (κ2) is 6.77. The summed E-state index contributed by atoms with van der Waals surface area (Å²) in [5.41, 5.74) is 0.281. The number of anilines is 1. The third kappa shape index (κ3) is 2.76. The summed E-state index contributed by atoms with van der Waals surface area (Å²) in [6.07, 6.45) is 2.88. The molecule has 3 aromatic rings. The topological polar surface area (TPSA) is 78.0 Å². The zero-order chi connectivity index (χ0) is 15.0. The zero-order valence-electron chi connectivity index (χ0n) is 11.1. The van der Waals surface area contributed by atoms with Crippen LogP contribution >= 0.6 is 12.8 Å². The maximum Gasteiger partial charge on any atom is 0.184 e. The summed E-state index contributed by atoms with van der Waals surface area (Å²) in [6, 6.07) is 6.85. The molecule has 0 aliphatic heterocycles. The fourth-order valence-electron chi connectivity index (χ4n) is 2.09. The molecular weight excluding hydrogens is 382 g/mol. The van der Waals surface area contributed by atoms with E-state index in [1.54, 1.807) is 6.07 Å². The van der Waals surface area contributed by atoms with Crippen LogP contribution in [0.5, 0.6) is 5.75 Å². The van der Waals surface area contributed by atoms with Crippen LogP contribution in [0.1, 0.15) is 15.9 Å². The molecule has 3 N–H and O–H groups in total. The van der Waals surface area contributed by atoms with Crippen molar-refractivity contribution >= 4 is 35.3 Å². The number of phenolic OH excluding ortho intramolecular Hbond substituents is 1. The van der Waals surface area contributed by atoms with E-state index < -0.39 is 22.9 Å². The number of carbonyl (C=O) groups excluding carboxylic acids is 1. The van der Waals surface area contributed by atoms with Crippen LogP contribution in [0.15, 0.2) is 30.6 Å². The van der Waals surface area contributed by atoms with Gasteiger partial charge in [-0.1, -0.05) is 19.0 Å². The number of hydrogen-bond acceptors (Lipinski definition) is 5. The van der Waals surface area contributed by atoms with Gasteiger partial charge in [0.1, 0.15) is 11.3 Å². The number of fused-ring (bicyclic) bond motifs is 1. The molecule has 2 aromatic heterocycles. The first-order chi connectivity index (χ1) is 10.1. The molecule has 1 radical (unpaired) electrons. The minimum atomic E-state index is -0.864. The van der Waals surface area contributed by atoms with Crippen LogP contribution in [0.3, 0.4) is 0 Å². The third-order valence-electron chi connectivity index (χ3n) is 3.11. The van der Waals surface area contributed by atoms with E-state index in [9.17, 15) is 14.3 Å². The maximum absolute atomic E-state index is 14.3. The van der Waals surface area contributed by atoms with Crippen molar-refractivity contribution in [1.29, 1.82) is 0 Å². The first-order valence-corrected chi connectivity index (χ1v) is 6.37. The van der Waals surface area contributed by atoms with Crippen molar-refractivity contribution in [2.24, 2.45) is 0 Å². The monoisotopic (exact) mass is 391 g/mol. The van der Waals surface area contributed by atoms with E-state index in [1.807, 2.05) is 0 Å². The Hall–Kier alpha value is -1.44. The summed E-state index contributed by atoms with van der Waals surface area (Å²) in [5, 5.41) is 10.3. The maximum atomic E-state index is 14.3. The van der Waals surface area contributed by atoms with Gasteiger partial charge in [0, 0.05) is 32.7 Å². The van der Waals surface area contributed by atoms with Crippen LogP contribution in [0.2, 0.25) is 0 Å². The van der Waals surface area contributed by atoms with E-state index >= 15 is 0 Å². The molecule has 0 aliphatic rings. The van der Waals surface area contributed by atoms with Crippen LogP contribution in [-0.4, -0.2) is 20.9 Å². The number of ketones is 1. The molecule has 0 amide bonds. The number of hydrogen-bond donors (Lipinski definition) is 4. The number of nitrogens with one attached hydrogen (secondary N) is 2. The summed E-state index contributed by atoms with van der Waals surface area (Å²) in [6.45, 7) is 0. The van der Waals surface area contributed by atoms with Crippen LogP contribution in [-0.2, 0) is 32.7 Å². The number of aromatic hydroxyl groups is 1. The van der Waals surface area contributed by atoms with E-state index in [0.29, 0.717) is 11.0 Å². The van der Waals surface area contributed by atoms with Gasteiger partial charge >= 0.3 is 0 Å². The Morgan fingerprint density at radius 1 is 1.45 bits per heavy atom. The summed E-state index contributed by atoms with van der Waals surface area (Å²) in [4.78, 5) is 19.3. The van der Waals surface area contributed by atoms with Gasteiger partial charge in [0.05, 0.1) is 11.3 Å². The second-order valence-electron chi connectivity index (χ2n) is 4.30. The Bertz CT molecular complexity index is 853. The standard InChI is InChI=1S/C14H9FN3O2S.Y/c15-12-9(18-21)3-4-10(19)11(12)13(20)8-6-17-14-7(8)2-1-5-16-14;/h2-6,18-19,21H,(H,16,17);/q-1;. The predicted molar refractivity (Wildman–Crippen MR) is 79.0 cm³/mol. The van der Waals surface area contributed by atoms with Gasteiger partial charge in [0.2, 0.25) is 0 Å². The SMILES string of the molecule is O=C(c1c(O)ccc(NS)c1F)c1c[nH]c2nc[c-]cc12.[Y]. The molecule has 0 unspecified atom stereocenters. The largest absolute Gasteiger partial charge is 0.507 e. The van der Waals surface area contributed by atoms with Crippen molar-refractivity contribution in [1.82, 2.24) is 9.97 Å². The van der Waals surface area contributed by atoms with E-state index in [2.05, 4.69) is 33.6 Å². The molecule has 1 aromatic carbocycles. The Morgan fingerprint density at radius 3 is 2.95 bits per heavy atom. The van der Waals surface area contributed by atoms with Gasteiger partial charge in [-0.05, 0) is 23.9 Å². The Balaban J connectivity index is 0.00000176. The summed E-state index contributed by atoms with van der Waals surface area (Å²) in [5.74, 6) is -1.95. The first kappa shape index (κ1) is 16.9. The van der Waals surface area contributed by atoms with Crippen LogP contribution in [0, 0.1) is 11.9 Å². The van der Waals surface area contributed by atoms with Gasteiger partial charge in [-0.2, -0.15) is 0 Å². The fraction of sp³-hybridized carbons (Fsp3) is 0. The zero-order valence-corrected chi connectivity index (χ0v) is 14.8. The molecule has 3 rings (SSSR count). The summed E-state index contributed by atoms with van der Waals surface area (Å²) >= 11 is 3.76. The number of aromatic nitrogens is 2. The van der Waals surface area contributed by atoms with Crippen molar-refractivity contribution in [2.45, 2.75) is 0 Å². The number of H-pyrrole nitrogens is 1. The van der Waals surface area contributed by atoms with E-state index in [1.165, 1.54) is 24.5 Å². The minimum absolute atomic E-state index is 0. The molecule has 0 bridgehead atoms. The minimum Gasteiger partial charge on any atom is -0.507 e. The number of aromatic amines is 1. The van der Waals surface area contributed by atoms with Crippen molar-refractivity contribution < 1.29 is 47.0 Å². The average molecular weight is 391 g/mol. The van der Waals surface area contributed by atoms with Crippen molar-refractivity contribution in [3.8, 4) is 5.75 Å². The quantitative estimate of drug-likeness (QED) is 0.240. The average Bonchev–Trinajstić information content (AvgIpc) is 2.91. The third-order valence-corrected chi connectivity index (χ3v) is 3.35. The van der Waals surface area contributed by atoms with Gasteiger partial charge in [-0.25, -0.2) is 16.5 Å². The molecule has 22 heavy (non-hydrogen) atoms. The predicted octanol–water partition coefficient (Wildman–Crippen LogP) is 2.69. The molecule has 0 spiro atoms. The van der Waals surface area contributed by atoms with Gasteiger partial charge in [0.15, 0.2) is 11.6 Å². The number of benzene rings is 1. The first-order valence-electron chi connectivity index (χ1n) is 5.93. The number of phenols is 1. The number of thiol groups is 1. The van der Waals surface area contributed by atoms with Crippen LogP contribution < -0.4 is 4.72 Å². The molecule has 8 heteroatoms. The molecule has 0 atom stereocenters. The van der Waals surface area contributed by atoms with Crippen molar-refractivity contribution in [2.75, 3.05) is 4.72 Å². The molecule has 5 nitrogen and oxygen atoms in total. The van der Waals surface area contributed by atoms with Crippen molar-refractivity contribution in [3.05, 3.63) is 53.6 Å². The van der Waals surface area contributed by atoms with Gasteiger partial charge in [0.25, 0.3) is 0 Å². The van der Waals surface area contributed by atoms with Crippen LogP contribution in [0.25, 0.3) is 11.0 Å². The fourth-order valence-corrected chi connectivity index (χ4v) is 2.26.